The number of nitrogens with one attached hydrogen (secondary N) is 1. The van der Waals surface area contributed by atoms with Crippen LogP contribution in [-0.2, 0) is 0 Å². The average Bonchev–Trinajstić information content (AvgIpc) is 2.66. The second kappa shape index (κ2) is 3.89. The monoisotopic (exact) mass is 226 g/mol. The van der Waals surface area contributed by atoms with Gasteiger partial charge in [0.15, 0.2) is 5.13 Å². The van der Waals surface area contributed by atoms with Crippen molar-refractivity contribution in [1.82, 2.24) is 15.0 Å². The number of aromatic nitrogens is 3. The van der Waals surface area contributed by atoms with Gasteiger partial charge in [0.05, 0.1) is 5.69 Å². The van der Waals surface area contributed by atoms with Gasteiger partial charge in [0, 0.05) is 18.5 Å². The van der Waals surface area contributed by atoms with Gasteiger partial charge >= 0.3 is 0 Å². The second-order valence-electron chi connectivity index (χ2n) is 2.51. The molecule has 2 rings (SSSR count). The lowest BCUT2D eigenvalue weighted by atomic mass is 10.3. The Morgan fingerprint density at radius 1 is 1.36 bits per heavy atom. The van der Waals surface area contributed by atoms with Gasteiger partial charge in [-0.1, -0.05) is 11.6 Å². The number of hydrogen-bond donors (Lipinski definition) is 1. The third kappa shape index (κ3) is 1.83. The number of nitrogens with zero attached hydrogens (tertiary/aromatic N) is 3. The quantitative estimate of drug-likeness (QED) is 0.799. The lowest BCUT2D eigenvalue weighted by molar-refractivity contribution is 1.16. The van der Waals surface area contributed by atoms with Crippen molar-refractivity contribution in [3.63, 3.8) is 0 Å². The zero-order valence-electron chi connectivity index (χ0n) is 7.36. The van der Waals surface area contributed by atoms with Gasteiger partial charge < -0.3 is 5.32 Å². The molecule has 0 spiro atoms. The van der Waals surface area contributed by atoms with Crippen LogP contribution in [0.15, 0.2) is 17.8 Å². The summed E-state index contributed by atoms with van der Waals surface area (Å²) >= 11 is 7.27. The molecule has 14 heavy (non-hydrogen) atoms. The van der Waals surface area contributed by atoms with Crippen LogP contribution in [0.1, 0.15) is 0 Å². The maximum Gasteiger partial charge on any atom is 0.183 e. The molecule has 0 aliphatic carbocycles. The van der Waals surface area contributed by atoms with Crippen molar-refractivity contribution in [3.05, 3.63) is 22.9 Å². The minimum Gasteiger partial charge on any atom is -0.365 e. The maximum atomic E-state index is 5.74. The van der Waals surface area contributed by atoms with E-state index in [0.717, 1.165) is 16.5 Å². The summed E-state index contributed by atoms with van der Waals surface area (Å²) in [5, 5.41) is 6.17. The fraction of sp³-hybridized carbons (Fsp3) is 0.125. The minimum atomic E-state index is 0.425. The molecule has 0 radical (unpaired) electrons. The highest BCUT2D eigenvalue weighted by atomic mass is 35.5. The van der Waals surface area contributed by atoms with Gasteiger partial charge in [0.25, 0.3) is 0 Å². The summed E-state index contributed by atoms with van der Waals surface area (Å²) in [4.78, 5) is 12.2. The van der Waals surface area contributed by atoms with Crippen LogP contribution in [0.4, 0.5) is 5.13 Å². The van der Waals surface area contributed by atoms with Crippen molar-refractivity contribution in [1.29, 1.82) is 0 Å². The molecular formula is C8H7ClN4S. The highest BCUT2D eigenvalue weighted by molar-refractivity contribution is 7.14. The molecular weight excluding hydrogens is 220 g/mol. The van der Waals surface area contributed by atoms with Crippen LogP contribution >= 0.6 is 22.9 Å². The van der Waals surface area contributed by atoms with Crippen LogP contribution in [0.3, 0.4) is 0 Å². The molecule has 72 valence electrons. The van der Waals surface area contributed by atoms with Crippen LogP contribution in [0.2, 0.25) is 5.15 Å². The maximum absolute atomic E-state index is 5.74. The summed E-state index contributed by atoms with van der Waals surface area (Å²) in [6, 6.07) is 1.69. The molecule has 0 unspecified atom stereocenters. The van der Waals surface area contributed by atoms with Crippen molar-refractivity contribution < 1.29 is 0 Å². The molecule has 2 aromatic heterocycles. The molecule has 0 aromatic carbocycles. The molecule has 0 atom stereocenters. The first kappa shape index (κ1) is 9.36. The fourth-order valence-corrected chi connectivity index (χ4v) is 1.79. The van der Waals surface area contributed by atoms with E-state index < -0.39 is 0 Å². The van der Waals surface area contributed by atoms with Gasteiger partial charge in [-0.05, 0) is 0 Å². The summed E-state index contributed by atoms with van der Waals surface area (Å²) in [5.41, 5.74) is 1.55. The van der Waals surface area contributed by atoms with Gasteiger partial charge in [-0.3, -0.25) is 0 Å². The van der Waals surface area contributed by atoms with Gasteiger partial charge in [0.1, 0.15) is 17.2 Å². The van der Waals surface area contributed by atoms with E-state index in [1.807, 2.05) is 12.4 Å². The Hall–Kier alpha value is -1.20. The van der Waals surface area contributed by atoms with Gasteiger partial charge in [-0.15, -0.1) is 11.3 Å². The van der Waals surface area contributed by atoms with Crippen molar-refractivity contribution in [2.45, 2.75) is 0 Å². The molecule has 0 aliphatic heterocycles. The lowest BCUT2D eigenvalue weighted by Crippen LogP contribution is -1.88. The summed E-state index contributed by atoms with van der Waals surface area (Å²) in [6.07, 6.45) is 1.43. The molecule has 1 N–H and O–H groups in total. The number of thiazole rings is 1. The summed E-state index contributed by atoms with van der Waals surface area (Å²) in [7, 11) is 1.83. The van der Waals surface area contributed by atoms with Crippen LogP contribution in [0.25, 0.3) is 11.4 Å². The van der Waals surface area contributed by atoms with E-state index in [-0.39, 0.29) is 0 Å². The zero-order valence-corrected chi connectivity index (χ0v) is 8.93. The molecule has 0 bridgehead atoms. The Balaban J connectivity index is 2.39. The van der Waals surface area contributed by atoms with E-state index in [9.17, 15) is 0 Å². The summed E-state index contributed by atoms with van der Waals surface area (Å²) in [6.45, 7) is 0. The Morgan fingerprint density at radius 3 is 2.86 bits per heavy atom. The van der Waals surface area contributed by atoms with E-state index in [1.54, 1.807) is 6.07 Å². The number of halogens is 1. The van der Waals surface area contributed by atoms with E-state index in [2.05, 4.69) is 20.3 Å². The minimum absolute atomic E-state index is 0.425. The number of rotatable bonds is 2. The zero-order chi connectivity index (χ0) is 9.97. The Labute approximate surface area is 90.0 Å². The SMILES string of the molecule is CNc1nc(-c2cc(Cl)ncn2)cs1. The molecule has 0 saturated carbocycles. The second-order valence-corrected chi connectivity index (χ2v) is 3.76. The van der Waals surface area contributed by atoms with E-state index >= 15 is 0 Å². The van der Waals surface area contributed by atoms with Crippen LogP contribution in [0, 0.1) is 0 Å². The van der Waals surface area contributed by atoms with Crippen LogP contribution < -0.4 is 5.32 Å². The predicted octanol–water partition coefficient (Wildman–Crippen LogP) is 2.30. The lowest BCUT2D eigenvalue weighted by Gasteiger charge is -1.94. The molecule has 0 saturated heterocycles. The van der Waals surface area contributed by atoms with Crippen molar-refractivity contribution in [2.75, 3.05) is 12.4 Å². The van der Waals surface area contributed by atoms with Crippen LogP contribution in [-0.4, -0.2) is 22.0 Å². The van der Waals surface area contributed by atoms with Gasteiger partial charge in [0.2, 0.25) is 0 Å². The molecule has 0 amide bonds. The van der Waals surface area contributed by atoms with Crippen molar-refractivity contribution in [3.8, 4) is 11.4 Å². The molecule has 4 nitrogen and oxygen atoms in total. The highest BCUT2D eigenvalue weighted by Gasteiger charge is 2.05. The highest BCUT2D eigenvalue weighted by Crippen LogP contribution is 2.23. The molecule has 2 aromatic rings. The van der Waals surface area contributed by atoms with Gasteiger partial charge in [-0.2, -0.15) is 0 Å². The molecule has 6 heteroatoms. The topological polar surface area (TPSA) is 50.7 Å². The molecule has 2 heterocycles. The van der Waals surface area contributed by atoms with Crippen LogP contribution in [0.5, 0.6) is 0 Å². The van der Waals surface area contributed by atoms with E-state index in [0.29, 0.717) is 5.15 Å². The average molecular weight is 227 g/mol. The summed E-state index contributed by atoms with van der Waals surface area (Å²) in [5.74, 6) is 0. The summed E-state index contributed by atoms with van der Waals surface area (Å²) < 4.78 is 0. The third-order valence-corrected chi connectivity index (χ3v) is 2.68. The van der Waals surface area contributed by atoms with Crippen molar-refractivity contribution in [2.24, 2.45) is 0 Å². The first-order valence-electron chi connectivity index (χ1n) is 3.91. The number of anilines is 1. The van der Waals surface area contributed by atoms with Gasteiger partial charge in [-0.25, -0.2) is 15.0 Å². The van der Waals surface area contributed by atoms with Crippen molar-refractivity contribution >= 4 is 28.1 Å². The first-order valence-corrected chi connectivity index (χ1v) is 5.16. The number of hydrogen-bond acceptors (Lipinski definition) is 5. The third-order valence-electron chi connectivity index (χ3n) is 1.61. The normalized spacial score (nSPS) is 10.1. The van der Waals surface area contributed by atoms with E-state index in [4.69, 9.17) is 11.6 Å². The largest absolute Gasteiger partial charge is 0.365 e. The molecule has 0 aliphatic rings. The predicted molar refractivity (Wildman–Crippen MR) is 57.7 cm³/mol. The standard InChI is InChI=1S/C8H7ClN4S/c1-10-8-13-6(3-14-8)5-2-7(9)12-4-11-5/h2-4H,1H3,(H,10,13). The smallest absolute Gasteiger partial charge is 0.183 e. The van der Waals surface area contributed by atoms with E-state index in [1.165, 1.54) is 17.7 Å². The molecule has 0 fully saturated rings. The Bertz CT molecular complexity index is 442. The Morgan fingerprint density at radius 2 is 2.21 bits per heavy atom. The fourth-order valence-electron chi connectivity index (χ4n) is 0.980. The first-order chi connectivity index (χ1) is 6.79. The Kier molecular flexibility index (Phi) is 2.60.